The molecule has 3 atom stereocenters. The predicted octanol–water partition coefficient (Wildman–Crippen LogP) is 2.49. The van der Waals surface area contributed by atoms with Crippen LogP contribution in [-0.4, -0.2) is 28.8 Å². The van der Waals surface area contributed by atoms with Gasteiger partial charge in [-0.15, -0.1) is 0 Å². The van der Waals surface area contributed by atoms with Crippen LogP contribution in [-0.2, 0) is 4.79 Å². The van der Waals surface area contributed by atoms with E-state index in [2.05, 4.69) is 0 Å². The van der Waals surface area contributed by atoms with Crippen LogP contribution in [0.25, 0.3) is 0 Å². The van der Waals surface area contributed by atoms with Gasteiger partial charge in [0.1, 0.15) is 0 Å². The molecule has 21 heavy (non-hydrogen) atoms. The lowest BCUT2D eigenvalue weighted by atomic mass is 9.97. The van der Waals surface area contributed by atoms with Crippen molar-refractivity contribution in [2.75, 3.05) is 7.05 Å². The third kappa shape index (κ3) is 4.01. The van der Waals surface area contributed by atoms with Gasteiger partial charge in [0.2, 0.25) is 5.91 Å². The Morgan fingerprint density at radius 3 is 2.57 bits per heavy atom. The summed E-state index contributed by atoms with van der Waals surface area (Å²) in [5.41, 5.74) is 6.71. The minimum Gasteiger partial charge on any atom is -0.338 e. The largest absolute Gasteiger partial charge is 0.338 e. The monoisotopic (exact) mass is 293 g/mol. The van der Waals surface area contributed by atoms with E-state index in [-0.39, 0.29) is 23.6 Å². The number of carbonyl (C=O) groups excluding carboxylic acids is 1. The molecule has 6 nitrogen and oxygen atoms in total. The van der Waals surface area contributed by atoms with E-state index in [9.17, 15) is 14.9 Å². The van der Waals surface area contributed by atoms with Crippen LogP contribution in [0.3, 0.4) is 0 Å². The minimum atomic E-state index is -0.554. The van der Waals surface area contributed by atoms with Gasteiger partial charge in [-0.2, -0.15) is 0 Å². The lowest BCUT2D eigenvalue weighted by Gasteiger charge is -2.29. The molecule has 0 aliphatic rings. The Labute approximate surface area is 125 Å². The standard InChI is InChI=1S/C15H23N3O3/c1-5-10(2)14(16)15(19)17(4)11(3)12-7-6-8-13(9-12)18(20)21/h6-11,14H,5,16H2,1-4H3. The average molecular weight is 293 g/mol. The minimum absolute atomic E-state index is 0.0198. The molecule has 0 fully saturated rings. The zero-order valence-electron chi connectivity index (χ0n) is 12.9. The topological polar surface area (TPSA) is 89.5 Å². The van der Waals surface area contributed by atoms with Crippen LogP contribution < -0.4 is 5.73 Å². The normalized spacial score (nSPS) is 15.1. The summed E-state index contributed by atoms with van der Waals surface area (Å²) in [5, 5.41) is 10.8. The number of likely N-dealkylation sites (N-methyl/N-ethyl adjacent to an activating group) is 1. The number of non-ortho nitro benzene ring substituents is 1. The number of benzene rings is 1. The Morgan fingerprint density at radius 1 is 1.43 bits per heavy atom. The Morgan fingerprint density at radius 2 is 2.05 bits per heavy atom. The first-order chi connectivity index (χ1) is 9.79. The molecule has 0 spiro atoms. The Bertz CT molecular complexity index is 519. The highest BCUT2D eigenvalue weighted by Gasteiger charge is 2.26. The predicted molar refractivity (Wildman–Crippen MR) is 81.7 cm³/mol. The molecule has 0 aliphatic heterocycles. The highest BCUT2D eigenvalue weighted by Crippen LogP contribution is 2.24. The smallest absolute Gasteiger partial charge is 0.269 e. The quantitative estimate of drug-likeness (QED) is 0.644. The number of nitro benzene ring substituents is 1. The Balaban J connectivity index is 2.92. The molecule has 1 aromatic rings. The van der Waals surface area contributed by atoms with Crippen LogP contribution in [0.4, 0.5) is 5.69 Å². The fourth-order valence-electron chi connectivity index (χ4n) is 2.05. The Kier molecular flexibility index (Phi) is 5.84. The van der Waals surface area contributed by atoms with Crippen molar-refractivity contribution in [1.82, 2.24) is 4.90 Å². The summed E-state index contributed by atoms with van der Waals surface area (Å²) >= 11 is 0. The number of nitrogens with zero attached hydrogens (tertiary/aromatic N) is 2. The number of nitro groups is 1. The van der Waals surface area contributed by atoms with Crippen molar-refractivity contribution in [3.05, 3.63) is 39.9 Å². The molecule has 0 heterocycles. The zero-order chi connectivity index (χ0) is 16.2. The lowest BCUT2D eigenvalue weighted by molar-refractivity contribution is -0.384. The number of carbonyl (C=O) groups is 1. The molecule has 116 valence electrons. The van der Waals surface area contributed by atoms with Crippen molar-refractivity contribution in [3.8, 4) is 0 Å². The zero-order valence-corrected chi connectivity index (χ0v) is 12.9. The van der Waals surface area contributed by atoms with Gasteiger partial charge in [-0.1, -0.05) is 32.4 Å². The van der Waals surface area contributed by atoms with Crippen LogP contribution >= 0.6 is 0 Å². The third-order valence-corrected chi connectivity index (χ3v) is 4.03. The van der Waals surface area contributed by atoms with Gasteiger partial charge in [-0.25, -0.2) is 0 Å². The number of hydrogen-bond donors (Lipinski definition) is 1. The van der Waals surface area contributed by atoms with E-state index >= 15 is 0 Å². The summed E-state index contributed by atoms with van der Waals surface area (Å²) < 4.78 is 0. The number of nitrogens with two attached hydrogens (primary N) is 1. The molecule has 2 N–H and O–H groups in total. The Hall–Kier alpha value is -1.95. The molecule has 0 bridgehead atoms. The SMILES string of the molecule is CCC(C)C(N)C(=O)N(C)C(C)c1cccc([N+](=O)[O-])c1. The molecule has 0 saturated carbocycles. The van der Waals surface area contributed by atoms with Crippen molar-refractivity contribution < 1.29 is 9.72 Å². The second kappa shape index (κ2) is 7.17. The van der Waals surface area contributed by atoms with Crippen molar-refractivity contribution in [2.45, 2.75) is 39.3 Å². The third-order valence-electron chi connectivity index (χ3n) is 4.03. The molecular weight excluding hydrogens is 270 g/mol. The summed E-state index contributed by atoms with van der Waals surface area (Å²) in [6.45, 7) is 5.76. The molecule has 0 aromatic heterocycles. The van der Waals surface area contributed by atoms with Gasteiger partial charge < -0.3 is 10.6 Å². The van der Waals surface area contributed by atoms with Crippen molar-refractivity contribution in [2.24, 2.45) is 11.7 Å². The van der Waals surface area contributed by atoms with Gasteiger partial charge in [-0.3, -0.25) is 14.9 Å². The maximum absolute atomic E-state index is 12.3. The summed E-state index contributed by atoms with van der Waals surface area (Å²) in [6, 6.07) is 5.49. The number of amides is 1. The van der Waals surface area contributed by atoms with Gasteiger partial charge in [0.25, 0.3) is 5.69 Å². The van der Waals surface area contributed by atoms with Gasteiger partial charge in [0.05, 0.1) is 17.0 Å². The molecule has 1 amide bonds. The second-order valence-corrected chi connectivity index (χ2v) is 5.39. The first-order valence-corrected chi connectivity index (χ1v) is 7.06. The molecule has 1 rings (SSSR count). The maximum Gasteiger partial charge on any atom is 0.269 e. The van der Waals surface area contributed by atoms with Gasteiger partial charge in [0, 0.05) is 19.2 Å². The molecule has 1 aromatic carbocycles. The van der Waals surface area contributed by atoms with Crippen molar-refractivity contribution >= 4 is 11.6 Å². The molecular formula is C15H23N3O3. The first kappa shape index (κ1) is 17.1. The van der Waals surface area contributed by atoms with Crippen LogP contribution in [0, 0.1) is 16.0 Å². The fourth-order valence-corrected chi connectivity index (χ4v) is 2.05. The van der Waals surface area contributed by atoms with Crippen LogP contribution in [0.2, 0.25) is 0 Å². The average Bonchev–Trinajstić information content (AvgIpc) is 2.51. The second-order valence-electron chi connectivity index (χ2n) is 5.39. The van der Waals surface area contributed by atoms with E-state index < -0.39 is 11.0 Å². The van der Waals surface area contributed by atoms with Gasteiger partial charge >= 0.3 is 0 Å². The van der Waals surface area contributed by atoms with Crippen molar-refractivity contribution in [3.63, 3.8) is 0 Å². The van der Waals surface area contributed by atoms with Crippen molar-refractivity contribution in [1.29, 1.82) is 0 Å². The number of rotatable bonds is 6. The molecule has 0 saturated heterocycles. The lowest BCUT2D eigenvalue weighted by Crippen LogP contribution is -2.46. The number of hydrogen-bond acceptors (Lipinski definition) is 4. The fraction of sp³-hybridized carbons (Fsp3) is 0.533. The van der Waals surface area contributed by atoms with Gasteiger partial charge in [-0.05, 0) is 18.4 Å². The molecule has 0 radical (unpaired) electrons. The summed E-state index contributed by atoms with van der Waals surface area (Å²) in [4.78, 5) is 24.3. The first-order valence-electron chi connectivity index (χ1n) is 7.06. The summed E-state index contributed by atoms with van der Waals surface area (Å²) in [6.07, 6.45) is 0.825. The van der Waals surface area contributed by atoms with E-state index in [0.29, 0.717) is 0 Å². The van der Waals surface area contributed by atoms with Gasteiger partial charge in [0.15, 0.2) is 0 Å². The van der Waals surface area contributed by atoms with Crippen LogP contribution in [0.5, 0.6) is 0 Å². The van der Waals surface area contributed by atoms with Crippen LogP contribution in [0.1, 0.15) is 38.8 Å². The summed E-state index contributed by atoms with van der Waals surface area (Å²) in [5.74, 6) is -0.0550. The van der Waals surface area contributed by atoms with E-state index in [1.807, 2.05) is 20.8 Å². The van der Waals surface area contributed by atoms with E-state index in [1.165, 1.54) is 12.1 Å². The highest BCUT2D eigenvalue weighted by molar-refractivity contribution is 5.82. The molecule has 3 unspecified atom stereocenters. The molecule has 0 aliphatic carbocycles. The van der Waals surface area contributed by atoms with Crippen LogP contribution in [0.15, 0.2) is 24.3 Å². The van der Waals surface area contributed by atoms with E-state index in [4.69, 9.17) is 5.73 Å². The van der Waals surface area contributed by atoms with E-state index in [1.54, 1.807) is 24.1 Å². The summed E-state index contributed by atoms with van der Waals surface area (Å²) in [7, 11) is 1.67. The maximum atomic E-state index is 12.3. The van der Waals surface area contributed by atoms with E-state index in [0.717, 1.165) is 12.0 Å². The highest BCUT2D eigenvalue weighted by atomic mass is 16.6. The molecule has 6 heteroatoms.